The van der Waals surface area contributed by atoms with E-state index in [0.29, 0.717) is 26.2 Å². The predicted molar refractivity (Wildman–Crippen MR) is 92.2 cm³/mol. The lowest BCUT2D eigenvalue weighted by molar-refractivity contribution is -0.137. The Kier molecular flexibility index (Phi) is 6.67. The molecule has 0 bridgehead atoms. The largest absolute Gasteiger partial charge is 0.336 e. The summed E-state index contributed by atoms with van der Waals surface area (Å²) in [7, 11) is 0. The number of hydrogen-bond acceptors (Lipinski definition) is 2. The van der Waals surface area contributed by atoms with Crippen LogP contribution in [0.1, 0.15) is 0 Å². The summed E-state index contributed by atoms with van der Waals surface area (Å²) in [6, 6.07) is 0. The molecule has 10 heteroatoms. The molecule has 0 saturated carbocycles. The van der Waals surface area contributed by atoms with Crippen LogP contribution in [0, 0.1) is 0 Å². The number of amides is 2. The number of carbonyl (C=O) groups is 2. The summed E-state index contributed by atoms with van der Waals surface area (Å²) < 4.78 is -1.85. The third-order valence-electron chi connectivity index (χ3n) is 2.34. The number of rotatable bonds is 0. The highest BCUT2D eigenvalue weighted by molar-refractivity contribution is 9.40. The van der Waals surface area contributed by atoms with Gasteiger partial charge >= 0.3 is 0 Å². The average molecular weight is 644 g/mol. The first-order valence-corrected chi connectivity index (χ1v) is 9.51. The van der Waals surface area contributed by atoms with Gasteiger partial charge in [0.05, 0.1) is 0 Å². The lowest BCUT2D eigenvalue weighted by Crippen LogP contribution is -2.54. The van der Waals surface area contributed by atoms with Crippen molar-refractivity contribution in [1.82, 2.24) is 9.80 Å². The summed E-state index contributed by atoms with van der Waals surface area (Å²) in [5, 5.41) is 0. The lowest BCUT2D eigenvalue weighted by Gasteiger charge is -2.37. The van der Waals surface area contributed by atoms with Crippen molar-refractivity contribution in [3.05, 3.63) is 0 Å². The van der Waals surface area contributed by atoms with Crippen molar-refractivity contribution in [2.24, 2.45) is 0 Å². The molecule has 104 valence electrons. The van der Waals surface area contributed by atoms with Gasteiger partial charge in [0, 0.05) is 26.2 Å². The van der Waals surface area contributed by atoms with Crippen molar-refractivity contribution < 1.29 is 9.59 Å². The van der Waals surface area contributed by atoms with Gasteiger partial charge in [-0.1, -0.05) is 0 Å². The topological polar surface area (TPSA) is 40.6 Å². The van der Waals surface area contributed by atoms with Crippen molar-refractivity contribution in [3.63, 3.8) is 0 Å². The zero-order chi connectivity index (χ0) is 14.1. The second-order valence-electron chi connectivity index (χ2n) is 3.58. The lowest BCUT2D eigenvalue weighted by atomic mass is 10.3. The molecule has 1 rings (SSSR count). The molecule has 0 unspecified atom stereocenters. The van der Waals surface area contributed by atoms with Crippen molar-refractivity contribution in [2.75, 3.05) is 26.2 Å². The van der Waals surface area contributed by atoms with Crippen LogP contribution in [0.15, 0.2) is 0 Å². The van der Waals surface area contributed by atoms with Gasteiger partial charge in [-0.3, -0.25) is 9.59 Å². The Morgan fingerprint density at radius 3 is 1.06 bits per heavy atom. The van der Waals surface area contributed by atoms with Crippen molar-refractivity contribution >= 4 is 107 Å². The van der Waals surface area contributed by atoms with Crippen LogP contribution in [0.25, 0.3) is 0 Å². The van der Waals surface area contributed by atoms with Gasteiger partial charge in [0.1, 0.15) is 0 Å². The number of hydrogen-bond donors (Lipinski definition) is 0. The fourth-order valence-corrected chi connectivity index (χ4v) is 2.98. The highest BCUT2D eigenvalue weighted by Gasteiger charge is 2.38. The normalized spacial score (nSPS) is 17.9. The maximum atomic E-state index is 11.9. The molecule has 0 N–H and O–H groups in total. The number of halogens is 6. The van der Waals surface area contributed by atoms with Gasteiger partial charge in [-0.15, -0.1) is 0 Å². The molecule has 0 spiro atoms. The van der Waals surface area contributed by atoms with Gasteiger partial charge in [0.2, 0.25) is 4.29 Å². The first kappa shape index (κ1) is 17.9. The summed E-state index contributed by atoms with van der Waals surface area (Å²) in [5.41, 5.74) is 0. The molecule has 0 aromatic heterocycles. The van der Waals surface area contributed by atoms with Gasteiger partial charge in [0.15, 0.2) is 0 Å². The second-order valence-corrected chi connectivity index (χ2v) is 17.1. The van der Waals surface area contributed by atoms with E-state index in [1.165, 1.54) is 0 Å². The Bertz CT molecular complexity index is 308. The van der Waals surface area contributed by atoms with Crippen LogP contribution in [-0.2, 0) is 9.59 Å². The fraction of sp³-hybridized carbons (Fsp3) is 0.750. The molecule has 2 amide bonds. The molecule has 0 atom stereocenters. The Morgan fingerprint density at radius 1 is 0.667 bits per heavy atom. The van der Waals surface area contributed by atoms with E-state index in [-0.39, 0.29) is 11.8 Å². The zero-order valence-corrected chi connectivity index (χ0v) is 18.3. The summed E-state index contributed by atoms with van der Waals surface area (Å²) in [5.74, 6) is -0.227. The smallest absolute Gasteiger partial charge is 0.261 e. The quantitative estimate of drug-likeness (QED) is 0.381. The van der Waals surface area contributed by atoms with Crippen molar-refractivity contribution in [2.45, 2.75) is 4.29 Å². The van der Waals surface area contributed by atoms with Crippen LogP contribution in [0.5, 0.6) is 0 Å². The Hall–Kier alpha value is 1.82. The number of carbonyl (C=O) groups excluding carboxylic acids is 2. The standard InChI is InChI=1S/C8H8Br6N2O2/c9-7(10,11)5(17)15-1-2-16(4-3-15)6(18)8(12,13)14/h1-4H2. The van der Waals surface area contributed by atoms with Crippen LogP contribution in [0.4, 0.5) is 0 Å². The van der Waals surface area contributed by atoms with Crippen LogP contribution >= 0.6 is 95.6 Å². The minimum Gasteiger partial charge on any atom is -0.336 e. The number of alkyl halides is 6. The van der Waals surface area contributed by atoms with Crippen molar-refractivity contribution in [1.29, 1.82) is 0 Å². The Morgan fingerprint density at radius 2 is 0.889 bits per heavy atom. The van der Waals surface area contributed by atoms with Crippen LogP contribution in [0.2, 0.25) is 0 Å². The molecule has 1 heterocycles. The first-order valence-electron chi connectivity index (χ1n) is 4.75. The monoisotopic (exact) mass is 638 g/mol. The molecule has 0 aromatic rings. The number of nitrogens with zero attached hydrogens (tertiary/aromatic N) is 2. The molecule has 1 aliphatic heterocycles. The van der Waals surface area contributed by atoms with Gasteiger partial charge in [0.25, 0.3) is 11.8 Å². The van der Waals surface area contributed by atoms with Crippen LogP contribution < -0.4 is 0 Å². The highest BCUT2D eigenvalue weighted by Crippen LogP contribution is 2.37. The molecule has 1 aliphatic rings. The third kappa shape index (κ3) is 4.98. The third-order valence-corrected chi connectivity index (χ3v) is 4.37. The SMILES string of the molecule is O=C(N1CCN(C(=O)C(Br)(Br)Br)CC1)C(Br)(Br)Br. The maximum absolute atomic E-state index is 11.9. The second kappa shape index (κ2) is 6.72. The molecule has 1 saturated heterocycles. The molecule has 0 radical (unpaired) electrons. The van der Waals surface area contributed by atoms with Crippen molar-refractivity contribution in [3.8, 4) is 0 Å². The minimum absolute atomic E-state index is 0.114. The number of piperazine rings is 1. The van der Waals surface area contributed by atoms with Crippen LogP contribution in [0.3, 0.4) is 0 Å². The van der Waals surface area contributed by atoms with Gasteiger partial charge < -0.3 is 9.80 Å². The summed E-state index contributed by atoms with van der Waals surface area (Å²) in [4.78, 5) is 27.3. The molecular formula is C8H8Br6N2O2. The highest BCUT2D eigenvalue weighted by atomic mass is 80.0. The van der Waals surface area contributed by atoms with Crippen LogP contribution in [-0.4, -0.2) is 52.1 Å². The van der Waals surface area contributed by atoms with E-state index in [4.69, 9.17) is 0 Å². The van der Waals surface area contributed by atoms with Gasteiger partial charge in [-0.25, -0.2) is 0 Å². The van der Waals surface area contributed by atoms with E-state index in [2.05, 4.69) is 95.6 Å². The van der Waals surface area contributed by atoms with E-state index < -0.39 is 4.29 Å². The Balaban J connectivity index is 2.57. The first-order chi connectivity index (χ1) is 8.03. The minimum atomic E-state index is -0.927. The molecule has 18 heavy (non-hydrogen) atoms. The molecule has 0 aromatic carbocycles. The summed E-state index contributed by atoms with van der Waals surface area (Å²) >= 11 is 19.2. The van der Waals surface area contributed by atoms with E-state index in [1.807, 2.05) is 0 Å². The van der Waals surface area contributed by atoms with E-state index in [1.54, 1.807) is 9.80 Å². The molecule has 4 nitrogen and oxygen atoms in total. The summed E-state index contributed by atoms with van der Waals surface area (Å²) in [6.07, 6.45) is 0. The molecular weight excluding hydrogens is 636 g/mol. The zero-order valence-electron chi connectivity index (χ0n) is 8.81. The van der Waals surface area contributed by atoms with Gasteiger partial charge in [-0.2, -0.15) is 0 Å². The predicted octanol–water partition coefficient (Wildman–Crippen LogP) is 3.33. The molecule has 0 aliphatic carbocycles. The average Bonchev–Trinajstić information content (AvgIpc) is 2.25. The fourth-order valence-electron chi connectivity index (χ4n) is 1.47. The summed E-state index contributed by atoms with van der Waals surface area (Å²) in [6.45, 7) is 1.99. The van der Waals surface area contributed by atoms with E-state index in [9.17, 15) is 9.59 Å². The molecule has 1 fully saturated rings. The maximum Gasteiger partial charge on any atom is 0.261 e. The van der Waals surface area contributed by atoms with E-state index >= 15 is 0 Å². The van der Waals surface area contributed by atoms with Gasteiger partial charge in [-0.05, 0) is 95.6 Å². The Labute approximate surface area is 155 Å². The van der Waals surface area contributed by atoms with E-state index in [0.717, 1.165) is 0 Å².